The number of carbonyl (C=O) groups excluding carboxylic acids is 1. The van der Waals surface area contributed by atoms with E-state index in [9.17, 15) is 21.6 Å². The molecule has 0 radical (unpaired) electrons. The lowest BCUT2D eigenvalue weighted by Crippen LogP contribution is -2.41. The van der Waals surface area contributed by atoms with E-state index in [2.05, 4.69) is 5.32 Å². The predicted octanol–water partition coefficient (Wildman–Crippen LogP) is 2.90. The zero-order valence-electron chi connectivity index (χ0n) is 19.6. The number of hydrogen-bond acceptors (Lipinski definition) is 5. The maximum absolute atomic E-state index is 13.0. The first kappa shape index (κ1) is 25.4. The molecule has 180 valence electrons. The maximum Gasteiger partial charge on any atom is 0.243 e. The molecule has 1 aliphatic rings. The van der Waals surface area contributed by atoms with Crippen LogP contribution >= 0.6 is 0 Å². The average molecular weight is 494 g/mol. The number of nitrogens with zero attached hydrogens (tertiary/aromatic N) is 2. The van der Waals surface area contributed by atoms with Crippen LogP contribution in [0.25, 0.3) is 0 Å². The molecule has 1 saturated heterocycles. The Morgan fingerprint density at radius 1 is 0.939 bits per heavy atom. The molecule has 1 aliphatic heterocycles. The van der Waals surface area contributed by atoms with Crippen molar-refractivity contribution in [3.05, 3.63) is 53.1 Å². The van der Waals surface area contributed by atoms with Crippen molar-refractivity contribution >= 4 is 31.6 Å². The Labute approximate surface area is 196 Å². The monoisotopic (exact) mass is 493 g/mol. The molecule has 2 aromatic carbocycles. The van der Waals surface area contributed by atoms with Crippen LogP contribution < -0.4 is 5.32 Å². The number of aryl methyl sites for hydroxylation is 2. The van der Waals surface area contributed by atoms with Gasteiger partial charge in [-0.2, -0.15) is 4.31 Å². The van der Waals surface area contributed by atoms with Gasteiger partial charge in [0, 0.05) is 38.8 Å². The number of carbonyl (C=O) groups is 1. The molecular weight excluding hydrogens is 462 g/mol. The Morgan fingerprint density at radius 3 is 2.06 bits per heavy atom. The van der Waals surface area contributed by atoms with Crippen LogP contribution in [0.5, 0.6) is 0 Å². The van der Waals surface area contributed by atoms with E-state index in [0.717, 1.165) is 21.0 Å². The molecule has 10 heteroatoms. The number of piperidine rings is 1. The van der Waals surface area contributed by atoms with Crippen LogP contribution in [-0.4, -0.2) is 58.5 Å². The van der Waals surface area contributed by atoms with Crippen molar-refractivity contribution in [3.8, 4) is 0 Å². The molecule has 1 amide bonds. The van der Waals surface area contributed by atoms with E-state index in [1.807, 2.05) is 13.8 Å². The zero-order valence-corrected chi connectivity index (χ0v) is 21.3. The number of amides is 1. The number of hydrogen-bond donors (Lipinski definition) is 1. The molecule has 0 unspecified atom stereocenters. The minimum atomic E-state index is -3.64. The predicted molar refractivity (Wildman–Crippen MR) is 128 cm³/mol. The van der Waals surface area contributed by atoms with Gasteiger partial charge in [0.15, 0.2) is 0 Å². The van der Waals surface area contributed by atoms with Gasteiger partial charge in [0.25, 0.3) is 0 Å². The number of nitrogens with one attached hydrogen (secondary N) is 1. The van der Waals surface area contributed by atoms with Gasteiger partial charge in [-0.05, 0) is 69.0 Å². The number of anilines is 1. The Morgan fingerprint density at radius 2 is 1.52 bits per heavy atom. The highest BCUT2D eigenvalue weighted by Crippen LogP contribution is 2.28. The first-order chi connectivity index (χ1) is 15.3. The molecule has 0 bridgehead atoms. The van der Waals surface area contributed by atoms with Gasteiger partial charge < -0.3 is 5.32 Å². The minimum absolute atomic E-state index is 0.116. The summed E-state index contributed by atoms with van der Waals surface area (Å²) in [6.07, 6.45) is 0.787. The van der Waals surface area contributed by atoms with Gasteiger partial charge in [-0.1, -0.05) is 17.7 Å². The highest BCUT2D eigenvalue weighted by molar-refractivity contribution is 7.89. The normalized spacial score (nSPS) is 16.2. The second-order valence-corrected chi connectivity index (χ2v) is 12.8. The average Bonchev–Trinajstić information content (AvgIpc) is 2.76. The lowest BCUT2D eigenvalue weighted by atomic mass is 9.97. The summed E-state index contributed by atoms with van der Waals surface area (Å²) in [5.41, 5.74) is 2.99. The summed E-state index contributed by atoms with van der Waals surface area (Å²) in [5, 5.41) is 2.87. The van der Waals surface area contributed by atoms with E-state index in [1.54, 1.807) is 37.3 Å². The standard InChI is InChI=1S/C23H31N3O5S2/c1-16-6-8-20(9-7-16)33(30,31)26-12-10-19(11-13-26)23(27)24-22-15-21(14-17(2)18(22)3)32(28,29)25(4)5/h6-9,14-15,19H,10-13H2,1-5H3,(H,24,27). The SMILES string of the molecule is Cc1ccc(S(=O)(=O)N2CCC(C(=O)Nc3cc(S(=O)(=O)N(C)C)cc(C)c3C)CC2)cc1. The molecule has 33 heavy (non-hydrogen) atoms. The third-order valence-corrected chi connectivity index (χ3v) is 9.87. The smallest absolute Gasteiger partial charge is 0.243 e. The zero-order chi connectivity index (χ0) is 24.6. The van der Waals surface area contributed by atoms with E-state index in [4.69, 9.17) is 0 Å². The molecule has 0 aliphatic carbocycles. The number of rotatable bonds is 6. The summed E-state index contributed by atoms with van der Waals surface area (Å²) >= 11 is 0. The topological polar surface area (TPSA) is 104 Å². The van der Waals surface area contributed by atoms with E-state index in [0.29, 0.717) is 18.5 Å². The minimum Gasteiger partial charge on any atom is -0.326 e. The van der Waals surface area contributed by atoms with Crippen molar-refractivity contribution < 1.29 is 21.6 Å². The van der Waals surface area contributed by atoms with Crippen LogP contribution in [0.15, 0.2) is 46.2 Å². The Hall–Kier alpha value is -2.27. The second kappa shape index (κ2) is 9.54. The molecule has 0 saturated carbocycles. The van der Waals surface area contributed by atoms with Crippen molar-refractivity contribution in [2.75, 3.05) is 32.5 Å². The molecule has 8 nitrogen and oxygen atoms in total. The van der Waals surface area contributed by atoms with Crippen LogP contribution in [0, 0.1) is 26.7 Å². The van der Waals surface area contributed by atoms with Gasteiger partial charge in [0.2, 0.25) is 26.0 Å². The highest BCUT2D eigenvalue weighted by atomic mass is 32.2. The summed E-state index contributed by atoms with van der Waals surface area (Å²) in [7, 11) is -4.32. The fourth-order valence-electron chi connectivity index (χ4n) is 3.77. The van der Waals surface area contributed by atoms with Gasteiger partial charge >= 0.3 is 0 Å². The van der Waals surface area contributed by atoms with Gasteiger partial charge in [-0.3, -0.25) is 4.79 Å². The van der Waals surface area contributed by atoms with E-state index >= 15 is 0 Å². The largest absolute Gasteiger partial charge is 0.326 e. The van der Waals surface area contributed by atoms with Gasteiger partial charge in [-0.25, -0.2) is 21.1 Å². The number of sulfonamides is 2. The van der Waals surface area contributed by atoms with Crippen LogP contribution in [-0.2, 0) is 24.8 Å². The van der Waals surface area contributed by atoms with E-state index in [1.165, 1.54) is 24.5 Å². The molecule has 0 spiro atoms. The fourth-order valence-corrected chi connectivity index (χ4v) is 6.25. The van der Waals surface area contributed by atoms with Crippen molar-refractivity contribution in [2.24, 2.45) is 5.92 Å². The lowest BCUT2D eigenvalue weighted by molar-refractivity contribution is -0.120. The summed E-state index contributed by atoms with van der Waals surface area (Å²) in [6.45, 7) is 6.03. The molecule has 1 fully saturated rings. The summed E-state index contributed by atoms with van der Waals surface area (Å²) in [6, 6.07) is 9.80. The van der Waals surface area contributed by atoms with Gasteiger partial charge in [-0.15, -0.1) is 0 Å². The van der Waals surface area contributed by atoms with Crippen molar-refractivity contribution in [3.63, 3.8) is 0 Å². The molecule has 3 rings (SSSR count). The number of benzene rings is 2. The summed E-state index contributed by atoms with van der Waals surface area (Å²) < 4.78 is 53.5. The van der Waals surface area contributed by atoms with Crippen LogP contribution in [0.4, 0.5) is 5.69 Å². The van der Waals surface area contributed by atoms with Gasteiger partial charge in [0.1, 0.15) is 0 Å². The van der Waals surface area contributed by atoms with E-state index in [-0.39, 0.29) is 34.7 Å². The Balaban J connectivity index is 1.72. The third-order valence-electron chi connectivity index (χ3n) is 6.16. The molecule has 1 heterocycles. The molecule has 1 N–H and O–H groups in total. The quantitative estimate of drug-likeness (QED) is 0.666. The van der Waals surface area contributed by atoms with Crippen molar-refractivity contribution in [1.82, 2.24) is 8.61 Å². The molecule has 0 atom stereocenters. The van der Waals surface area contributed by atoms with Crippen LogP contribution in [0.1, 0.15) is 29.5 Å². The lowest BCUT2D eigenvalue weighted by Gasteiger charge is -2.30. The summed E-state index contributed by atoms with van der Waals surface area (Å²) in [4.78, 5) is 13.3. The van der Waals surface area contributed by atoms with Crippen LogP contribution in [0.2, 0.25) is 0 Å². The Kier molecular flexibility index (Phi) is 7.33. The highest BCUT2D eigenvalue weighted by Gasteiger charge is 2.32. The molecular formula is C23H31N3O5S2. The maximum atomic E-state index is 13.0. The van der Waals surface area contributed by atoms with Crippen molar-refractivity contribution in [2.45, 2.75) is 43.4 Å². The van der Waals surface area contributed by atoms with E-state index < -0.39 is 20.0 Å². The van der Waals surface area contributed by atoms with Gasteiger partial charge in [0.05, 0.1) is 9.79 Å². The fraction of sp³-hybridized carbons (Fsp3) is 0.435. The second-order valence-electron chi connectivity index (χ2n) is 8.68. The first-order valence-corrected chi connectivity index (χ1v) is 13.6. The third kappa shape index (κ3) is 5.29. The molecule has 2 aromatic rings. The Bertz CT molecular complexity index is 1250. The van der Waals surface area contributed by atoms with Crippen LogP contribution in [0.3, 0.4) is 0 Å². The molecule has 0 aromatic heterocycles. The van der Waals surface area contributed by atoms with Crippen molar-refractivity contribution in [1.29, 1.82) is 0 Å². The summed E-state index contributed by atoms with van der Waals surface area (Å²) in [5.74, 6) is -0.590. The first-order valence-electron chi connectivity index (χ1n) is 10.8.